The molecule has 31 heavy (non-hydrogen) atoms. The molecular formula is C22H22FN5O2S. The molecule has 2 amide bonds. The van der Waals surface area contributed by atoms with E-state index in [1.807, 2.05) is 11.0 Å². The monoisotopic (exact) mass is 439 g/mol. The molecule has 3 heterocycles. The average molecular weight is 440 g/mol. The second-order valence-electron chi connectivity index (χ2n) is 7.49. The Bertz CT molecular complexity index is 1100. The molecule has 160 valence electrons. The lowest BCUT2D eigenvalue weighted by Gasteiger charge is -2.32. The zero-order valence-corrected chi connectivity index (χ0v) is 17.8. The summed E-state index contributed by atoms with van der Waals surface area (Å²) in [6.45, 7) is 3.14. The van der Waals surface area contributed by atoms with E-state index in [0.717, 1.165) is 30.8 Å². The van der Waals surface area contributed by atoms with Gasteiger partial charge in [0.15, 0.2) is 0 Å². The first-order valence-electron chi connectivity index (χ1n) is 9.96. The fraction of sp³-hybridized carbons (Fsp3) is 0.273. The number of halogens is 1. The molecule has 1 unspecified atom stereocenters. The van der Waals surface area contributed by atoms with Crippen molar-refractivity contribution in [1.29, 1.82) is 0 Å². The number of nitrogens with two attached hydrogens (primary N) is 1. The molecule has 0 radical (unpaired) electrons. The van der Waals surface area contributed by atoms with Crippen LogP contribution in [0.25, 0.3) is 10.6 Å². The van der Waals surface area contributed by atoms with Gasteiger partial charge in [-0.05, 0) is 56.2 Å². The number of thiazole rings is 1. The third-order valence-corrected chi connectivity index (χ3v) is 6.45. The molecule has 1 aliphatic rings. The Hall–Kier alpha value is -3.33. The van der Waals surface area contributed by atoms with Crippen molar-refractivity contribution in [3.63, 3.8) is 0 Å². The van der Waals surface area contributed by atoms with Gasteiger partial charge in [0.05, 0.1) is 23.5 Å². The number of hydrogen-bond donors (Lipinski definition) is 2. The molecule has 3 N–H and O–H groups in total. The number of piperidine rings is 1. The van der Waals surface area contributed by atoms with E-state index in [1.165, 1.54) is 23.5 Å². The van der Waals surface area contributed by atoms with E-state index in [1.54, 1.807) is 31.3 Å². The number of amides is 2. The van der Waals surface area contributed by atoms with E-state index in [9.17, 15) is 14.0 Å². The molecule has 2 aromatic heterocycles. The van der Waals surface area contributed by atoms with Crippen LogP contribution in [0.15, 0.2) is 42.6 Å². The summed E-state index contributed by atoms with van der Waals surface area (Å²) in [7, 11) is 0. The molecule has 0 spiro atoms. The van der Waals surface area contributed by atoms with Gasteiger partial charge >= 0.3 is 0 Å². The summed E-state index contributed by atoms with van der Waals surface area (Å²) in [5.41, 5.74) is 7.38. The highest BCUT2D eigenvalue weighted by molar-refractivity contribution is 7.17. The number of aryl methyl sites for hydroxylation is 1. The van der Waals surface area contributed by atoms with E-state index < -0.39 is 0 Å². The summed E-state index contributed by atoms with van der Waals surface area (Å²) in [5.74, 6) is -0.296. The summed E-state index contributed by atoms with van der Waals surface area (Å²) < 4.78 is 13.1. The largest absolute Gasteiger partial charge is 0.369 e. The van der Waals surface area contributed by atoms with Crippen LogP contribution in [-0.2, 0) is 4.79 Å². The Morgan fingerprint density at radius 1 is 1.23 bits per heavy atom. The van der Waals surface area contributed by atoms with Gasteiger partial charge in [-0.2, -0.15) is 0 Å². The van der Waals surface area contributed by atoms with Crippen LogP contribution in [0.1, 0.15) is 28.2 Å². The maximum Gasteiger partial charge on any atom is 0.267 e. The van der Waals surface area contributed by atoms with Crippen LogP contribution in [0.2, 0.25) is 0 Å². The van der Waals surface area contributed by atoms with Crippen molar-refractivity contribution in [3.05, 3.63) is 59.0 Å². The number of nitrogens with zero attached hydrogens (tertiary/aromatic N) is 3. The van der Waals surface area contributed by atoms with Crippen LogP contribution in [0.5, 0.6) is 0 Å². The van der Waals surface area contributed by atoms with Crippen molar-refractivity contribution in [3.8, 4) is 10.6 Å². The van der Waals surface area contributed by atoms with Gasteiger partial charge < -0.3 is 16.0 Å². The summed E-state index contributed by atoms with van der Waals surface area (Å²) in [6.07, 6.45) is 3.28. The number of primary amides is 1. The first-order valence-corrected chi connectivity index (χ1v) is 10.8. The van der Waals surface area contributed by atoms with Gasteiger partial charge in [0.25, 0.3) is 5.91 Å². The third-order valence-electron chi connectivity index (χ3n) is 5.25. The van der Waals surface area contributed by atoms with Gasteiger partial charge in [-0.25, -0.2) is 14.4 Å². The number of hydrogen-bond acceptors (Lipinski definition) is 6. The molecule has 0 bridgehead atoms. The Kier molecular flexibility index (Phi) is 5.94. The molecular weight excluding hydrogens is 417 g/mol. The maximum atomic E-state index is 13.1. The molecule has 3 aromatic rings. The Balaban J connectivity index is 1.44. The predicted octanol–water partition coefficient (Wildman–Crippen LogP) is 3.61. The molecule has 7 nitrogen and oxygen atoms in total. The lowest BCUT2D eigenvalue weighted by atomic mass is 9.97. The van der Waals surface area contributed by atoms with Crippen molar-refractivity contribution >= 4 is 34.7 Å². The lowest BCUT2D eigenvalue weighted by molar-refractivity contribution is -0.122. The van der Waals surface area contributed by atoms with Crippen LogP contribution in [0.3, 0.4) is 0 Å². The van der Waals surface area contributed by atoms with E-state index in [-0.39, 0.29) is 23.5 Å². The zero-order valence-electron chi connectivity index (χ0n) is 17.0. The normalized spacial score (nSPS) is 16.2. The number of pyridine rings is 1. The smallest absolute Gasteiger partial charge is 0.267 e. The summed E-state index contributed by atoms with van der Waals surface area (Å²) in [6, 6.07) is 9.62. The minimum absolute atomic E-state index is 0.167. The van der Waals surface area contributed by atoms with Gasteiger partial charge in [-0.1, -0.05) is 0 Å². The van der Waals surface area contributed by atoms with Crippen molar-refractivity contribution in [2.24, 2.45) is 11.7 Å². The molecule has 9 heteroatoms. The van der Waals surface area contributed by atoms with Gasteiger partial charge in [-0.15, -0.1) is 11.3 Å². The number of carbonyl (C=O) groups excluding carboxylic acids is 2. The topological polar surface area (TPSA) is 101 Å². The van der Waals surface area contributed by atoms with Crippen LogP contribution in [0, 0.1) is 18.7 Å². The highest BCUT2D eigenvalue weighted by Gasteiger charge is 2.24. The molecule has 0 aliphatic carbocycles. The van der Waals surface area contributed by atoms with E-state index in [2.05, 4.69) is 15.3 Å². The Labute approximate surface area is 183 Å². The molecule has 1 atom stereocenters. The van der Waals surface area contributed by atoms with Gasteiger partial charge in [-0.3, -0.25) is 9.59 Å². The predicted molar refractivity (Wildman–Crippen MR) is 119 cm³/mol. The number of rotatable bonds is 5. The SMILES string of the molecule is Cc1nc(-c2ccc(F)cc2)sc1C(=O)Nc1ccc(N2CCCC(C(N)=O)C2)nc1. The molecule has 1 fully saturated rings. The first-order chi connectivity index (χ1) is 14.9. The van der Waals surface area contributed by atoms with Crippen molar-refractivity contribution in [1.82, 2.24) is 9.97 Å². The fourth-order valence-corrected chi connectivity index (χ4v) is 4.54. The van der Waals surface area contributed by atoms with Crippen LogP contribution in [-0.4, -0.2) is 34.9 Å². The van der Waals surface area contributed by atoms with Gasteiger partial charge in [0.2, 0.25) is 5.91 Å². The van der Waals surface area contributed by atoms with Crippen molar-refractivity contribution in [2.45, 2.75) is 19.8 Å². The zero-order chi connectivity index (χ0) is 22.0. The minimum Gasteiger partial charge on any atom is -0.369 e. The number of aromatic nitrogens is 2. The average Bonchev–Trinajstić information content (AvgIpc) is 3.16. The molecule has 4 rings (SSSR count). The lowest BCUT2D eigenvalue weighted by Crippen LogP contribution is -2.41. The summed E-state index contributed by atoms with van der Waals surface area (Å²) in [5, 5.41) is 3.50. The quantitative estimate of drug-likeness (QED) is 0.633. The third kappa shape index (κ3) is 4.72. The standard InChI is InChI=1S/C22H22FN5O2S/c1-13-19(31-22(26-13)14-4-6-16(23)7-5-14)21(30)27-17-8-9-18(25-11-17)28-10-2-3-15(12-28)20(24)29/h4-9,11,15H,2-3,10,12H2,1H3,(H2,24,29)(H,27,30). The van der Waals surface area contributed by atoms with Gasteiger partial charge in [0.1, 0.15) is 21.5 Å². The van der Waals surface area contributed by atoms with Crippen molar-refractivity contribution < 1.29 is 14.0 Å². The first kappa shape index (κ1) is 20.9. The number of carbonyl (C=O) groups is 2. The van der Waals surface area contributed by atoms with E-state index >= 15 is 0 Å². The van der Waals surface area contributed by atoms with E-state index in [0.29, 0.717) is 27.8 Å². The number of nitrogens with one attached hydrogen (secondary N) is 1. The summed E-state index contributed by atoms with van der Waals surface area (Å²) >= 11 is 1.26. The van der Waals surface area contributed by atoms with E-state index in [4.69, 9.17) is 5.73 Å². The highest BCUT2D eigenvalue weighted by Crippen LogP contribution is 2.29. The molecule has 1 aromatic carbocycles. The Morgan fingerprint density at radius 2 is 2.00 bits per heavy atom. The Morgan fingerprint density at radius 3 is 2.68 bits per heavy atom. The van der Waals surface area contributed by atoms with Crippen LogP contribution in [0.4, 0.5) is 15.9 Å². The van der Waals surface area contributed by atoms with Crippen LogP contribution >= 0.6 is 11.3 Å². The minimum atomic E-state index is -0.319. The van der Waals surface area contributed by atoms with Crippen molar-refractivity contribution in [2.75, 3.05) is 23.3 Å². The highest BCUT2D eigenvalue weighted by atomic mass is 32.1. The molecule has 0 saturated carbocycles. The summed E-state index contributed by atoms with van der Waals surface area (Å²) in [4.78, 5) is 35.6. The second-order valence-corrected chi connectivity index (χ2v) is 8.49. The molecule has 1 aliphatic heterocycles. The number of benzene rings is 1. The second kappa shape index (κ2) is 8.81. The fourth-order valence-electron chi connectivity index (χ4n) is 3.58. The number of anilines is 2. The molecule has 1 saturated heterocycles. The van der Waals surface area contributed by atoms with Gasteiger partial charge in [0, 0.05) is 18.7 Å². The van der Waals surface area contributed by atoms with Crippen LogP contribution < -0.4 is 16.0 Å². The maximum absolute atomic E-state index is 13.1.